The van der Waals surface area contributed by atoms with Crippen LogP contribution in [0.5, 0.6) is 5.75 Å². The Balaban J connectivity index is 2.40. The number of amides is 1. The van der Waals surface area contributed by atoms with Gasteiger partial charge in [-0.2, -0.15) is 0 Å². The molecular weight excluding hydrogens is 184 g/mol. The van der Waals surface area contributed by atoms with Gasteiger partial charge in [0.15, 0.2) is 18.2 Å². The minimum Gasteiger partial charge on any atom is -0.480 e. The molecule has 1 aliphatic heterocycles. The molecule has 2 rings (SSSR count). The van der Waals surface area contributed by atoms with Crippen LogP contribution < -0.4 is 9.64 Å². The first-order valence-electron chi connectivity index (χ1n) is 4.15. The van der Waals surface area contributed by atoms with Crippen LogP contribution in [0.3, 0.4) is 0 Å². The van der Waals surface area contributed by atoms with E-state index in [-0.39, 0.29) is 19.1 Å². The Kier molecular flexibility index (Phi) is 2.14. The van der Waals surface area contributed by atoms with Gasteiger partial charge >= 0.3 is 0 Å². The third-order valence-electron chi connectivity index (χ3n) is 1.92. The van der Waals surface area contributed by atoms with Crippen molar-refractivity contribution in [3.63, 3.8) is 0 Å². The van der Waals surface area contributed by atoms with Crippen LogP contribution >= 0.6 is 0 Å². The van der Waals surface area contributed by atoms with Crippen LogP contribution in [0.2, 0.25) is 0 Å². The second-order valence-electron chi connectivity index (χ2n) is 2.78. The van der Waals surface area contributed by atoms with E-state index >= 15 is 0 Å². The SMILES string of the molecule is O=CCN1C(=O)COc2cccnc21. The minimum atomic E-state index is -0.247. The van der Waals surface area contributed by atoms with E-state index in [9.17, 15) is 9.59 Å². The van der Waals surface area contributed by atoms with Crippen molar-refractivity contribution < 1.29 is 14.3 Å². The van der Waals surface area contributed by atoms with Crippen molar-refractivity contribution in [2.45, 2.75) is 0 Å². The largest absolute Gasteiger partial charge is 0.480 e. The van der Waals surface area contributed by atoms with Crippen LogP contribution in [0.1, 0.15) is 0 Å². The number of ether oxygens (including phenoxy) is 1. The molecule has 0 fully saturated rings. The summed E-state index contributed by atoms with van der Waals surface area (Å²) in [6.07, 6.45) is 2.22. The molecule has 2 heterocycles. The molecule has 72 valence electrons. The third kappa shape index (κ3) is 1.32. The minimum absolute atomic E-state index is 0.0200. The van der Waals surface area contributed by atoms with Crippen LogP contribution in [-0.2, 0) is 9.59 Å². The number of hydrogen-bond acceptors (Lipinski definition) is 4. The molecule has 0 unspecified atom stereocenters. The van der Waals surface area contributed by atoms with Gasteiger partial charge in [0.1, 0.15) is 6.29 Å². The van der Waals surface area contributed by atoms with Crippen molar-refractivity contribution in [2.75, 3.05) is 18.1 Å². The topological polar surface area (TPSA) is 59.5 Å². The molecule has 0 radical (unpaired) electrons. The molecule has 5 heteroatoms. The standard InChI is InChI=1S/C9H8N2O3/c12-5-4-11-8(13)6-14-7-2-1-3-10-9(7)11/h1-3,5H,4,6H2. The van der Waals surface area contributed by atoms with Crippen molar-refractivity contribution in [1.82, 2.24) is 4.98 Å². The molecule has 14 heavy (non-hydrogen) atoms. The molecule has 0 atom stereocenters. The van der Waals surface area contributed by atoms with Gasteiger partial charge in [-0.1, -0.05) is 0 Å². The van der Waals surface area contributed by atoms with Crippen molar-refractivity contribution in [3.8, 4) is 5.75 Å². The second kappa shape index (κ2) is 3.45. The Morgan fingerprint density at radius 3 is 3.29 bits per heavy atom. The van der Waals surface area contributed by atoms with Crippen molar-refractivity contribution >= 4 is 18.0 Å². The van der Waals surface area contributed by atoms with Gasteiger partial charge < -0.3 is 9.53 Å². The summed E-state index contributed by atoms with van der Waals surface area (Å²) >= 11 is 0. The van der Waals surface area contributed by atoms with Gasteiger partial charge in [-0.15, -0.1) is 0 Å². The van der Waals surface area contributed by atoms with E-state index in [1.165, 1.54) is 4.90 Å². The van der Waals surface area contributed by atoms with Gasteiger partial charge in [0, 0.05) is 6.20 Å². The monoisotopic (exact) mass is 192 g/mol. The van der Waals surface area contributed by atoms with Crippen LogP contribution in [0.4, 0.5) is 5.82 Å². The first-order valence-corrected chi connectivity index (χ1v) is 4.15. The van der Waals surface area contributed by atoms with E-state index in [1.807, 2.05) is 0 Å². The molecule has 0 saturated heterocycles. The predicted octanol–water partition coefficient (Wildman–Crippen LogP) is 0.00590. The lowest BCUT2D eigenvalue weighted by Crippen LogP contribution is -2.40. The zero-order valence-corrected chi connectivity index (χ0v) is 7.34. The van der Waals surface area contributed by atoms with Gasteiger partial charge in [0.2, 0.25) is 0 Å². The summed E-state index contributed by atoms with van der Waals surface area (Å²) in [7, 11) is 0. The van der Waals surface area contributed by atoms with Crippen LogP contribution in [0.25, 0.3) is 0 Å². The Labute approximate surface area is 80.3 Å². The van der Waals surface area contributed by atoms with Gasteiger partial charge in [-0.05, 0) is 12.1 Å². The van der Waals surface area contributed by atoms with E-state index in [0.717, 1.165) is 0 Å². The molecule has 0 saturated carbocycles. The number of fused-ring (bicyclic) bond motifs is 1. The number of carbonyl (C=O) groups excluding carboxylic acids is 2. The summed E-state index contributed by atoms with van der Waals surface area (Å²) in [4.78, 5) is 27.0. The number of hydrogen-bond donors (Lipinski definition) is 0. The van der Waals surface area contributed by atoms with Crippen molar-refractivity contribution in [1.29, 1.82) is 0 Å². The maximum Gasteiger partial charge on any atom is 0.266 e. The highest BCUT2D eigenvalue weighted by atomic mass is 16.5. The van der Waals surface area contributed by atoms with E-state index in [2.05, 4.69) is 4.98 Å². The number of rotatable bonds is 2. The molecule has 1 amide bonds. The average Bonchev–Trinajstić information content (AvgIpc) is 2.23. The van der Waals surface area contributed by atoms with Crippen molar-refractivity contribution in [2.24, 2.45) is 0 Å². The number of aromatic nitrogens is 1. The fraction of sp³-hybridized carbons (Fsp3) is 0.222. The lowest BCUT2D eigenvalue weighted by atomic mass is 10.3. The Morgan fingerprint density at radius 1 is 1.64 bits per heavy atom. The summed E-state index contributed by atoms with van der Waals surface area (Å²) in [5.41, 5.74) is 0. The van der Waals surface area contributed by atoms with Gasteiger partial charge in [-0.3, -0.25) is 9.69 Å². The zero-order valence-electron chi connectivity index (χ0n) is 7.34. The van der Waals surface area contributed by atoms with Gasteiger partial charge in [0.25, 0.3) is 5.91 Å². The molecule has 0 spiro atoms. The van der Waals surface area contributed by atoms with Gasteiger partial charge in [0.05, 0.1) is 6.54 Å². The quantitative estimate of drug-likeness (QED) is 0.619. The number of aldehydes is 1. The Hall–Kier alpha value is -1.91. The lowest BCUT2D eigenvalue weighted by Gasteiger charge is -2.26. The maximum absolute atomic E-state index is 11.3. The lowest BCUT2D eigenvalue weighted by molar-refractivity contribution is -0.122. The summed E-state index contributed by atoms with van der Waals surface area (Å²) in [5, 5.41) is 0. The Bertz CT molecular complexity index is 378. The van der Waals surface area contributed by atoms with Gasteiger partial charge in [-0.25, -0.2) is 4.98 Å². The fourth-order valence-corrected chi connectivity index (χ4v) is 1.30. The van der Waals surface area contributed by atoms with E-state index in [1.54, 1.807) is 18.3 Å². The summed E-state index contributed by atoms with van der Waals surface area (Å²) in [6.45, 7) is -0.0151. The smallest absolute Gasteiger partial charge is 0.266 e. The van der Waals surface area contributed by atoms with Crippen LogP contribution in [0, 0.1) is 0 Å². The molecule has 1 aromatic heterocycles. The average molecular weight is 192 g/mol. The summed E-state index contributed by atoms with van der Waals surface area (Å²) < 4.78 is 5.14. The molecule has 1 aliphatic rings. The Morgan fingerprint density at radius 2 is 2.50 bits per heavy atom. The highest BCUT2D eigenvalue weighted by Crippen LogP contribution is 2.28. The number of nitrogens with zero attached hydrogens (tertiary/aromatic N) is 2. The molecule has 0 aromatic carbocycles. The van der Waals surface area contributed by atoms with E-state index < -0.39 is 0 Å². The predicted molar refractivity (Wildman–Crippen MR) is 48.1 cm³/mol. The first kappa shape index (κ1) is 8.68. The molecule has 0 bridgehead atoms. The van der Waals surface area contributed by atoms with E-state index in [4.69, 9.17) is 4.74 Å². The van der Waals surface area contributed by atoms with E-state index in [0.29, 0.717) is 17.9 Å². The third-order valence-corrected chi connectivity index (χ3v) is 1.92. The molecule has 0 aliphatic carbocycles. The number of anilines is 1. The first-order chi connectivity index (χ1) is 6.83. The number of carbonyl (C=O) groups is 2. The van der Waals surface area contributed by atoms with Crippen LogP contribution in [-0.4, -0.2) is 30.3 Å². The second-order valence-corrected chi connectivity index (χ2v) is 2.78. The zero-order chi connectivity index (χ0) is 9.97. The summed E-state index contributed by atoms with van der Waals surface area (Å²) in [6, 6.07) is 3.43. The molecule has 1 aromatic rings. The molecule has 0 N–H and O–H groups in total. The van der Waals surface area contributed by atoms with Crippen molar-refractivity contribution in [3.05, 3.63) is 18.3 Å². The summed E-state index contributed by atoms with van der Waals surface area (Å²) in [5.74, 6) is 0.702. The molecular formula is C9H8N2O3. The highest BCUT2D eigenvalue weighted by Gasteiger charge is 2.25. The maximum atomic E-state index is 11.3. The number of pyridine rings is 1. The molecule has 5 nitrogen and oxygen atoms in total. The van der Waals surface area contributed by atoms with Crippen LogP contribution in [0.15, 0.2) is 18.3 Å². The fourth-order valence-electron chi connectivity index (χ4n) is 1.30. The normalized spacial score (nSPS) is 14.6. The highest BCUT2D eigenvalue weighted by molar-refractivity contribution is 5.98.